The van der Waals surface area contributed by atoms with E-state index in [0.717, 1.165) is 16.8 Å². The van der Waals surface area contributed by atoms with E-state index in [1.165, 1.54) is 26.0 Å². The van der Waals surface area contributed by atoms with Crippen molar-refractivity contribution in [2.24, 2.45) is 5.41 Å². The van der Waals surface area contributed by atoms with Crippen LogP contribution in [0.25, 0.3) is 0 Å². The Labute approximate surface area is 212 Å². The van der Waals surface area contributed by atoms with Gasteiger partial charge in [-0.25, -0.2) is 9.36 Å². The van der Waals surface area contributed by atoms with Crippen LogP contribution in [-0.2, 0) is 23.4 Å². The van der Waals surface area contributed by atoms with Crippen LogP contribution < -0.4 is 20.9 Å². The Hall–Kier alpha value is -3.27. The van der Waals surface area contributed by atoms with E-state index < -0.39 is 67.6 Å². The number of aliphatic hydroxyl groups excluding tert-OH is 1. The number of carbonyl (C=O) groups excluding carboxylic acids is 1. The zero-order valence-electron chi connectivity index (χ0n) is 20.7. The number of ether oxygens (including phenoxy) is 2. The molecule has 1 fully saturated rings. The molecule has 1 aliphatic heterocycles. The molecule has 1 saturated heterocycles. The number of rotatable bonds is 10. The lowest BCUT2D eigenvalue weighted by Gasteiger charge is -2.26. The van der Waals surface area contributed by atoms with Gasteiger partial charge in [-0.2, -0.15) is 10.3 Å². The van der Waals surface area contributed by atoms with Gasteiger partial charge in [0.05, 0.1) is 18.8 Å². The second kappa shape index (κ2) is 11.4. The number of aliphatic hydroxyl groups is 1. The van der Waals surface area contributed by atoms with Gasteiger partial charge < -0.3 is 19.1 Å². The fourth-order valence-corrected chi connectivity index (χ4v) is 5.14. The summed E-state index contributed by atoms with van der Waals surface area (Å²) in [5.41, 5.74) is -3.12. The maximum Gasteiger partial charge on any atom is 0.459 e. The van der Waals surface area contributed by atoms with Crippen molar-refractivity contribution in [3.05, 3.63) is 63.4 Å². The van der Waals surface area contributed by atoms with Crippen LogP contribution >= 0.6 is 7.75 Å². The summed E-state index contributed by atoms with van der Waals surface area (Å²) < 4.78 is 36.7. The van der Waals surface area contributed by atoms with Crippen molar-refractivity contribution >= 4 is 13.7 Å². The topological polar surface area (TPSA) is 182 Å². The first kappa shape index (κ1) is 28.3. The van der Waals surface area contributed by atoms with E-state index in [9.17, 15) is 29.3 Å². The molecule has 3 rings (SSSR count). The summed E-state index contributed by atoms with van der Waals surface area (Å²) in [6, 6.07) is 10.00. The molecule has 0 bridgehead atoms. The zero-order chi connectivity index (χ0) is 27.4. The maximum atomic E-state index is 13.7. The largest absolute Gasteiger partial charge is 0.462 e. The number of benzene rings is 1. The number of nitrogens with zero attached hydrogens (tertiary/aromatic N) is 2. The molecule has 2 aromatic rings. The molecule has 0 aliphatic carbocycles. The molecule has 2 heterocycles. The van der Waals surface area contributed by atoms with Crippen LogP contribution in [0, 0.1) is 16.7 Å². The third-order valence-electron chi connectivity index (χ3n) is 5.56. The SMILES string of the molecule is CC(C)OC(=O)[C@H](C)NP(=O)(OC[C@H]1O[C@@H](n2ccc(=O)[nH]c2=O)[C@](C)(C#N)[C@@H]1O)Oc1ccccc1. The van der Waals surface area contributed by atoms with Gasteiger partial charge in [0.2, 0.25) is 0 Å². The summed E-state index contributed by atoms with van der Waals surface area (Å²) in [5.74, 6) is -0.516. The van der Waals surface area contributed by atoms with Crippen LogP contribution in [0.1, 0.15) is 33.9 Å². The van der Waals surface area contributed by atoms with Crippen molar-refractivity contribution in [3.8, 4) is 11.8 Å². The summed E-state index contributed by atoms with van der Waals surface area (Å²) in [4.78, 5) is 38.1. The zero-order valence-corrected chi connectivity index (χ0v) is 21.6. The highest BCUT2D eigenvalue weighted by molar-refractivity contribution is 7.52. The molecule has 200 valence electrons. The number of aromatic amines is 1. The molecule has 1 aromatic heterocycles. The van der Waals surface area contributed by atoms with E-state index in [2.05, 4.69) is 10.1 Å². The predicted molar refractivity (Wildman–Crippen MR) is 129 cm³/mol. The van der Waals surface area contributed by atoms with Gasteiger partial charge in [0, 0.05) is 12.3 Å². The number of hydrogen-bond acceptors (Lipinski definition) is 10. The van der Waals surface area contributed by atoms with Crippen molar-refractivity contribution in [1.29, 1.82) is 5.26 Å². The minimum absolute atomic E-state index is 0.176. The van der Waals surface area contributed by atoms with Gasteiger partial charge >= 0.3 is 19.4 Å². The number of para-hydroxylation sites is 1. The van der Waals surface area contributed by atoms with Crippen molar-refractivity contribution in [2.45, 2.75) is 58.3 Å². The van der Waals surface area contributed by atoms with E-state index in [-0.39, 0.29) is 5.75 Å². The Balaban J connectivity index is 1.84. The molecule has 13 nitrogen and oxygen atoms in total. The normalized spacial score (nSPS) is 25.7. The van der Waals surface area contributed by atoms with Gasteiger partial charge in [-0.05, 0) is 39.8 Å². The molecular weight excluding hydrogens is 507 g/mol. The monoisotopic (exact) mass is 536 g/mol. The third kappa shape index (κ3) is 6.54. The average Bonchev–Trinajstić information content (AvgIpc) is 3.08. The Morgan fingerprint density at radius 1 is 1.30 bits per heavy atom. The number of carbonyl (C=O) groups is 1. The number of aromatic nitrogens is 2. The standard InChI is InChI=1S/C23H29N4O9P/c1-14(2)34-20(30)15(3)26-37(32,36-16-8-6-5-7-9-16)33-12-17-19(29)23(4,13-24)21(35-17)27-11-10-18(28)25-22(27)31/h5-11,14-15,17,19,21,29H,12H2,1-4H3,(H,26,32)(H,25,28,31)/t15-,17+,19+,21+,23+,37?/m0/s1. The molecule has 6 atom stereocenters. The highest BCUT2D eigenvalue weighted by Crippen LogP contribution is 2.48. The minimum Gasteiger partial charge on any atom is -0.462 e. The second-order valence-corrected chi connectivity index (χ2v) is 10.6. The number of nitrogens with one attached hydrogen (secondary N) is 2. The molecule has 1 unspecified atom stereocenters. The fraction of sp³-hybridized carbons (Fsp3) is 0.478. The number of esters is 1. The Morgan fingerprint density at radius 2 is 1.97 bits per heavy atom. The summed E-state index contributed by atoms with van der Waals surface area (Å²) in [6.07, 6.45) is -3.29. The Kier molecular flexibility index (Phi) is 8.73. The molecule has 0 amide bonds. The van der Waals surface area contributed by atoms with Crippen molar-refractivity contribution in [1.82, 2.24) is 14.6 Å². The lowest BCUT2D eigenvalue weighted by Crippen LogP contribution is -2.41. The smallest absolute Gasteiger partial charge is 0.459 e. The van der Waals surface area contributed by atoms with Crippen LogP contribution in [0.2, 0.25) is 0 Å². The summed E-state index contributed by atoms with van der Waals surface area (Å²) >= 11 is 0. The van der Waals surface area contributed by atoms with E-state index in [1.807, 2.05) is 6.07 Å². The van der Waals surface area contributed by atoms with Crippen LogP contribution in [0.15, 0.2) is 52.2 Å². The van der Waals surface area contributed by atoms with Gasteiger partial charge in [0.25, 0.3) is 5.56 Å². The van der Waals surface area contributed by atoms with Crippen LogP contribution in [0.5, 0.6) is 5.75 Å². The van der Waals surface area contributed by atoms with Gasteiger partial charge in [0.1, 0.15) is 29.4 Å². The fourth-order valence-electron chi connectivity index (χ4n) is 3.64. The van der Waals surface area contributed by atoms with Crippen LogP contribution in [-0.4, -0.2) is 51.6 Å². The predicted octanol–water partition coefficient (Wildman–Crippen LogP) is 1.46. The Morgan fingerprint density at radius 3 is 2.57 bits per heavy atom. The average molecular weight is 536 g/mol. The van der Waals surface area contributed by atoms with Crippen LogP contribution in [0.3, 0.4) is 0 Å². The lowest BCUT2D eigenvalue weighted by atomic mass is 9.84. The van der Waals surface area contributed by atoms with Gasteiger partial charge in [0.15, 0.2) is 6.23 Å². The van der Waals surface area contributed by atoms with Crippen LogP contribution in [0.4, 0.5) is 0 Å². The molecule has 0 radical (unpaired) electrons. The number of nitriles is 1. The van der Waals surface area contributed by atoms with E-state index in [4.69, 9.17) is 18.5 Å². The summed E-state index contributed by atoms with van der Waals surface area (Å²) in [5, 5.41) is 23.2. The van der Waals surface area contributed by atoms with E-state index >= 15 is 0 Å². The van der Waals surface area contributed by atoms with Gasteiger partial charge in [-0.15, -0.1) is 0 Å². The Bertz CT molecular complexity index is 1310. The molecule has 37 heavy (non-hydrogen) atoms. The maximum absolute atomic E-state index is 13.7. The van der Waals surface area contributed by atoms with Crippen molar-refractivity contribution in [2.75, 3.05) is 6.61 Å². The first-order valence-corrected chi connectivity index (χ1v) is 13.0. The first-order chi connectivity index (χ1) is 17.4. The number of hydrogen-bond donors (Lipinski definition) is 3. The molecule has 1 aromatic carbocycles. The molecule has 0 spiro atoms. The highest BCUT2D eigenvalue weighted by atomic mass is 31.2. The number of H-pyrrole nitrogens is 1. The van der Waals surface area contributed by atoms with Gasteiger partial charge in [-0.1, -0.05) is 18.2 Å². The van der Waals surface area contributed by atoms with Gasteiger partial charge in [-0.3, -0.25) is 23.7 Å². The summed E-state index contributed by atoms with van der Waals surface area (Å²) in [6.45, 7) is 5.58. The quantitative estimate of drug-likeness (QED) is 0.295. The van der Waals surface area contributed by atoms with Crippen molar-refractivity contribution < 1.29 is 33.0 Å². The van der Waals surface area contributed by atoms with E-state index in [0.29, 0.717) is 0 Å². The molecular formula is C23H29N4O9P. The molecule has 14 heteroatoms. The summed E-state index contributed by atoms with van der Waals surface area (Å²) in [7, 11) is -4.27. The molecule has 0 saturated carbocycles. The molecule has 1 aliphatic rings. The van der Waals surface area contributed by atoms with Crippen molar-refractivity contribution in [3.63, 3.8) is 0 Å². The second-order valence-electron chi connectivity index (χ2n) is 8.92. The minimum atomic E-state index is -4.27. The van der Waals surface area contributed by atoms with E-state index in [1.54, 1.807) is 32.0 Å². The lowest BCUT2D eigenvalue weighted by molar-refractivity contribution is -0.149. The molecule has 3 N–H and O–H groups in total. The highest BCUT2D eigenvalue weighted by Gasteiger charge is 2.55. The third-order valence-corrected chi connectivity index (χ3v) is 7.21. The first-order valence-electron chi connectivity index (χ1n) is 11.4.